The summed E-state index contributed by atoms with van der Waals surface area (Å²) < 4.78 is 15.9. The van der Waals surface area contributed by atoms with Crippen LogP contribution in [0.1, 0.15) is 18.4 Å². The molecule has 4 rings (SSSR count). The van der Waals surface area contributed by atoms with E-state index in [0.717, 1.165) is 76.8 Å². The van der Waals surface area contributed by atoms with E-state index in [4.69, 9.17) is 0 Å². The molecule has 1 atom stereocenters. The third kappa shape index (κ3) is 5.79. The first-order valence-corrected chi connectivity index (χ1v) is 11.8. The lowest BCUT2D eigenvalue weighted by atomic mass is 10.0. The number of hydrogen-bond acceptors (Lipinski definition) is 4. The summed E-state index contributed by atoms with van der Waals surface area (Å²) in [6.45, 7) is 7.79. The summed E-state index contributed by atoms with van der Waals surface area (Å²) in [6.07, 6.45) is 7.45. The van der Waals surface area contributed by atoms with Crippen LogP contribution in [-0.2, 0) is 13.5 Å². The third-order valence-corrected chi connectivity index (χ3v) is 6.58. The number of rotatable bonds is 7. The molecule has 0 bridgehead atoms. The molecule has 32 heavy (non-hydrogen) atoms. The maximum Gasteiger partial charge on any atom is 0.193 e. The van der Waals surface area contributed by atoms with E-state index < -0.39 is 0 Å². The van der Waals surface area contributed by atoms with Crippen LogP contribution in [0.15, 0.2) is 41.7 Å². The normalized spacial score (nSPS) is 20.2. The number of guanidine groups is 1. The van der Waals surface area contributed by atoms with Crippen molar-refractivity contribution in [2.75, 3.05) is 64.3 Å². The number of aliphatic imine (C=N–C) groups is 1. The fourth-order valence-electron chi connectivity index (χ4n) is 4.86. The Labute approximate surface area is 190 Å². The molecule has 1 aromatic heterocycles. The zero-order valence-electron chi connectivity index (χ0n) is 19.4. The number of nitrogens with zero attached hydrogens (tertiary/aromatic N) is 6. The number of likely N-dealkylation sites (tertiary alicyclic amines) is 1. The lowest BCUT2D eigenvalue weighted by Crippen LogP contribution is -2.47. The second-order valence-electron chi connectivity index (χ2n) is 8.93. The van der Waals surface area contributed by atoms with Gasteiger partial charge in [-0.3, -0.25) is 14.6 Å². The van der Waals surface area contributed by atoms with Crippen molar-refractivity contribution in [2.24, 2.45) is 18.0 Å². The van der Waals surface area contributed by atoms with Gasteiger partial charge in [0.2, 0.25) is 0 Å². The van der Waals surface area contributed by atoms with E-state index in [-0.39, 0.29) is 5.82 Å². The molecule has 2 aromatic rings. The van der Waals surface area contributed by atoms with E-state index in [0.29, 0.717) is 5.92 Å². The molecule has 2 aliphatic heterocycles. The second-order valence-corrected chi connectivity index (χ2v) is 8.93. The summed E-state index contributed by atoms with van der Waals surface area (Å²) in [5.74, 6) is 1.55. The standard InChI is InChI=1S/C24H36FN7/c1-26-24(32-11-8-20(19-32)16-21-17-28-29(2)18-21)27-9-5-10-30-12-14-31(15-13-30)23-7-4-3-6-22(23)25/h3-4,6-7,17-18,20H,5,8-16,19H2,1-2H3,(H,26,27). The van der Waals surface area contributed by atoms with Crippen molar-refractivity contribution in [3.63, 3.8) is 0 Å². The molecule has 1 unspecified atom stereocenters. The minimum atomic E-state index is -0.124. The lowest BCUT2D eigenvalue weighted by Gasteiger charge is -2.36. The maximum atomic E-state index is 14.0. The van der Waals surface area contributed by atoms with E-state index in [1.54, 1.807) is 12.1 Å². The van der Waals surface area contributed by atoms with Crippen LogP contribution in [0.4, 0.5) is 10.1 Å². The van der Waals surface area contributed by atoms with Gasteiger partial charge in [-0.25, -0.2) is 4.39 Å². The number of para-hydroxylation sites is 1. The van der Waals surface area contributed by atoms with Gasteiger partial charge in [0.05, 0.1) is 11.9 Å². The summed E-state index contributed by atoms with van der Waals surface area (Å²) >= 11 is 0. The first-order valence-electron chi connectivity index (χ1n) is 11.8. The first-order chi connectivity index (χ1) is 15.6. The third-order valence-electron chi connectivity index (χ3n) is 6.58. The minimum absolute atomic E-state index is 0.124. The zero-order chi connectivity index (χ0) is 22.3. The van der Waals surface area contributed by atoms with Gasteiger partial charge in [-0.15, -0.1) is 0 Å². The van der Waals surface area contributed by atoms with Crippen LogP contribution in [0.3, 0.4) is 0 Å². The summed E-state index contributed by atoms with van der Waals surface area (Å²) in [7, 11) is 3.85. The van der Waals surface area contributed by atoms with Crippen LogP contribution in [0, 0.1) is 11.7 Å². The van der Waals surface area contributed by atoms with Gasteiger partial charge in [0, 0.05) is 66.1 Å². The van der Waals surface area contributed by atoms with E-state index in [9.17, 15) is 4.39 Å². The Morgan fingerprint density at radius 3 is 2.72 bits per heavy atom. The van der Waals surface area contributed by atoms with E-state index in [1.807, 2.05) is 37.1 Å². The molecule has 2 fully saturated rings. The molecule has 1 N–H and O–H groups in total. The number of nitrogens with one attached hydrogen (secondary N) is 1. The Hall–Kier alpha value is -2.61. The van der Waals surface area contributed by atoms with Crippen LogP contribution < -0.4 is 10.2 Å². The van der Waals surface area contributed by atoms with Crippen LogP contribution in [0.5, 0.6) is 0 Å². The van der Waals surface area contributed by atoms with Gasteiger partial charge in [0.1, 0.15) is 5.82 Å². The molecule has 1 aromatic carbocycles. The molecule has 0 aliphatic carbocycles. The second kappa shape index (κ2) is 10.8. The molecule has 0 amide bonds. The number of hydrogen-bond donors (Lipinski definition) is 1. The molecule has 0 radical (unpaired) electrons. The van der Waals surface area contributed by atoms with Gasteiger partial charge in [-0.1, -0.05) is 12.1 Å². The highest BCUT2D eigenvalue weighted by Crippen LogP contribution is 2.21. The minimum Gasteiger partial charge on any atom is -0.367 e. The van der Waals surface area contributed by atoms with Crippen molar-refractivity contribution >= 4 is 11.6 Å². The van der Waals surface area contributed by atoms with Gasteiger partial charge >= 0.3 is 0 Å². The van der Waals surface area contributed by atoms with Crippen LogP contribution in [0.25, 0.3) is 0 Å². The number of aromatic nitrogens is 2. The monoisotopic (exact) mass is 441 g/mol. The smallest absolute Gasteiger partial charge is 0.193 e. The van der Waals surface area contributed by atoms with E-state index in [2.05, 4.69) is 36.3 Å². The molecule has 7 nitrogen and oxygen atoms in total. The molecule has 174 valence electrons. The fraction of sp³-hybridized carbons (Fsp3) is 0.583. The van der Waals surface area contributed by atoms with Crippen LogP contribution >= 0.6 is 0 Å². The number of aryl methyl sites for hydroxylation is 1. The first kappa shape index (κ1) is 22.6. The average Bonchev–Trinajstić information content (AvgIpc) is 3.44. The van der Waals surface area contributed by atoms with Gasteiger partial charge < -0.3 is 15.1 Å². The highest BCUT2D eigenvalue weighted by Gasteiger charge is 2.25. The molecule has 0 saturated carbocycles. The molecule has 0 spiro atoms. The van der Waals surface area contributed by atoms with E-state index in [1.165, 1.54) is 12.0 Å². The van der Waals surface area contributed by atoms with Gasteiger partial charge in [-0.05, 0) is 49.4 Å². The van der Waals surface area contributed by atoms with Gasteiger partial charge in [-0.2, -0.15) is 5.10 Å². The van der Waals surface area contributed by atoms with Crippen molar-refractivity contribution in [1.82, 2.24) is 24.9 Å². The Bertz CT molecular complexity index is 888. The fourth-order valence-corrected chi connectivity index (χ4v) is 4.86. The zero-order valence-corrected chi connectivity index (χ0v) is 19.4. The summed E-state index contributed by atoms with van der Waals surface area (Å²) in [6, 6.07) is 7.08. The van der Waals surface area contributed by atoms with Crippen molar-refractivity contribution in [3.8, 4) is 0 Å². The largest absolute Gasteiger partial charge is 0.367 e. The topological polar surface area (TPSA) is 51.9 Å². The molecular weight excluding hydrogens is 405 g/mol. The highest BCUT2D eigenvalue weighted by atomic mass is 19.1. The van der Waals surface area contributed by atoms with Crippen molar-refractivity contribution < 1.29 is 4.39 Å². The highest BCUT2D eigenvalue weighted by molar-refractivity contribution is 5.80. The molecule has 8 heteroatoms. The quantitative estimate of drug-likeness (QED) is 0.406. The number of benzene rings is 1. The van der Waals surface area contributed by atoms with Crippen molar-refractivity contribution in [1.29, 1.82) is 0 Å². The Kier molecular flexibility index (Phi) is 7.63. The molecule has 2 saturated heterocycles. The molecule has 3 heterocycles. The van der Waals surface area contributed by atoms with Gasteiger partial charge in [0.15, 0.2) is 5.96 Å². The summed E-state index contributed by atoms with van der Waals surface area (Å²) in [5, 5.41) is 7.84. The lowest BCUT2D eigenvalue weighted by molar-refractivity contribution is 0.254. The summed E-state index contributed by atoms with van der Waals surface area (Å²) in [4.78, 5) is 11.5. The average molecular weight is 442 g/mol. The molecule has 2 aliphatic rings. The predicted octanol–water partition coefficient (Wildman–Crippen LogP) is 2.21. The van der Waals surface area contributed by atoms with Crippen LogP contribution in [-0.4, -0.2) is 84.9 Å². The summed E-state index contributed by atoms with van der Waals surface area (Å²) in [5.41, 5.74) is 2.04. The number of halogens is 1. The Morgan fingerprint density at radius 2 is 2.00 bits per heavy atom. The van der Waals surface area contributed by atoms with Crippen LogP contribution in [0.2, 0.25) is 0 Å². The Morgan fingerprint density at radius 1 is 1.19 bits per heavy atom. The number of piperazine rings is 1. The molecular formula is C24H36FN7. The van der Waals surface area contributed by atoms with Crippen molar-refractivity contribution in [2.45, 2.75) is 19.3 Å². The predicted molar refractivity (Wildman–Crippen MR) is 128 cm³/mol. The SMILES string of the molecule is CN=C(NCCCN1CCN(c2ccccc2F)CC1)N1CCC(Cc2cnn(C)c2)C1. The maximum absolute atomic E-state index is 14.0. The van der Waals surface area contributed by atoms with E-state index >= 15 is 0 Å². The Balaban J connectivity index is 1.14. The van der Waals surface area contributed by atoms with Crippen molar-refractivity contribution in [3.05, 3.63) is 48.0 Å². The number of anilines is 1. The van der Waals surface area contributed by atoms with Gasteiger partial charge in [0.25, 0.3) is 0 Å².